The Kier molecular flexibility index (Phi) is 4.17. The minimum absolute atomic E-state index is 0.206. The van der Waals surface area contributed by atoms with E-state index in [9.17, 15) is 4.39 Å². The molecule has 0 radical (unpaired) electrons. The van der Waals surface area contributed by atoms with Crippen molar-refractivity contribution in [1.29, 1.82) is 0 Å². The Hall–Kier alpha value is -2.41. The van der Waals surface area contributed by atoms with Gasteiger partial charge in [-0.25, -0.2) is 9.37 Å². The zero-order valence-electron chi connectivity index (χ0n) is 14.1. The number of hydrogen-bond donors (Lipinski definition) is 2. The van der Waals surface area contributed by atoms with Crippen LogP contribution in [-0.2, 0) is 0 Å². The van der Waals surface area contributed by atoms with Crippen LogP contribution in [0.1, 0.15) is 24.5 Å². The molecule has 1 saturated carbocycles. The first-order valence-corrected chi connectivity index (χ1v) is 8.74. The molecular formula is C18H23FN6. The summed E-state index contributed by atoms with van der Waals surface area (Å²) in [5.41, 5.74) is 13.9. The minimum atomic E-state index is -0.206. The lowest BCUT2D eigenvalue weighted by Gasteiger charge is -2.37. The van der Waals surface area contributed by atoms with E-state index in [4.69, 9.17) is 11.5 Å². The smallest absolute Gasteiger partial charge is 0.222 e. The number of benzene rings is 1. The molecule has 132 valence electrons. The van der Waals surface area contributed by atoms with Crippen LogP contribution in [0.5, 0.6) is 0 Å². The predicted molar refractivity (Wildman–Crippen MR) is 97.2 cm³/mol. The molecule has 1 aromatic carbocycles. The number of nitrogens with two attached hydrogens (primary N) is 2. The van der Waals surface area contributed by atoms with E-state index < -0.39 is 0 Å². The van der Waals surface area contributed by atoms with Gasteiger partial charge in [0, 0.05) is 49.9 Å². The van der Waals surface area contributed by atoms with Gasteiger partial charge in [-0.05, 0) is 37.1 Å². The summed E-state index contributed by atoms with van der Waals surface area (Å²) in [5.74, 6) is 1.41. The lowest BCUT2D eigenvalue weighted by molar-refractivity contribution is 0.345. The van der Waals surface area contributed by atoms with Gasteiger partial charge >= 0.3 is 0 Å². The fraction of sp³-hybridized carbons (Fsp3) is 0.444. The molecule has 7 heteroatoms. The standard InChI is InChI=1S/C18H23FN6/c19-13-1-3-15(4-2-13)24-5-7-25(8-6-24)17-11-16(22-18(21)23-17)12-9-14(20)10-12/h1-4,11-12,14H,5-10,20H2,(H2,21,22,23). The van der Waals surface area contributed by atoms with Crippen molar-refractivity contribution in [3.05, 3.63) is 41.8 Å². The van der Waals surface area contributed by atoms with Crippen LogP contribution in [0, 0.1) is 5.82 Å². The van der Waals surface area contributed by atoms with Gasteiger partial charge < -0.3 is 21.3 Å². The van der Waals surface area contributed by atoms with Gasteiger partial charge in [-0.2, -0.15) is 4.98 Å². The van der Waals surface area contributed by atoms with E-state index in [0.29, 0.717) is 11.9 Å². The summed E-state index contributed by atoms with van der Waals surface area (Å²) >= 11 is 0. The maximum Gasteiger partial charge on any atom is 0.222 e. The first kappa shape index (κ1) is 16.1. The largest absolute Gasteiger partial charge is 0.368 e. The number of anilines is 3. The van der Waals surface area contributed by atoms with E-state index in [0.717, 1.165) is 56.2 Å². The van der Waals surface area contributed by atoms with E-state index in [-0.39, 0.29) is 11.9 Å². The van der Waals surface area contributed by atoms with Gasteiger partial charge in [0.05, 0.1) is 5.69 Å². The van der Waals surface area contributed by atoms with Crippen LogP contribution in [0.15, 0.2) is 30.3 Å². The van der Waals surface area contributed by atoms with E-state index in [1.54, 1.807) is 0 Å². The quantitative estimate of drug-likeness (QED) is 0.884. The topological polar surface area (TPSA) is 84.3 Å². The highest BCUT2D eigenvalue weighted by atomic mass is 19.1. The first-order chi connectivity index (χ1) is 12.1. The maximum atomic E-state index is 13.1. The third-order valence-electron chi connectivity index (χ3n) is 5.14. The van der Waals surface area contributed by atoms with Crippen molar-refractivity contribution in [1.82, 2.24) is 9.97 Å². The van der Waals surface area contributed by atoms with Crippen LogP contribution in [0.3, 0.4) is 0 Å². The number of piperazine rings is 1. The maximum absolute atomic E-state index is 13.1. The number of rotatable bonds is 3. The van der Waals surface area contributed by atoms with Crippen LogP contribution in [0.25, 0.3) is 0 Å². The molecule has 0 amide bonds. The molecule has 6 nitrogen and oxygen atoms in total. The Morgan fingerprint density at radius 1 is 0.960 bits per heavy atom. The lowest BCUT2D eigenvalue weighted by Crippen LogP contribution is -2.47. The fourth-order valence-electron chi connectivity index (χ4n) is 3.59. The van der Waals surface area contributed by atoms with Crippen LogP contribution >= 0.6 is 0 Å². The number of halogens is 1. The van der Waals surface area contributed by atoms with Crippen molar-refractivity contribution in [3.8, 4) is 0 Å². The summed E-state index contributed by atoms with van der Waals surface area (Å²) in [5, 5.41) is 0. The third-order valence-corrected chi connectivity index (χ3v) is 5.14. The highest BCUT2D eigenvalue weighted by Crippen LogP contribution is 2.36. The van der Waals surface area contributed by atoms with Gasteiger partial charge in [-0.3, -0.25) is 0 Å². The second-order valence-corrected chi connectivity index (χ2v) is 6.89. The molecule has 4 N–H and O–H groups in total. The lowest BCUT2D eigenvalue weighted by atomic mass is 9.78. The van der Waals surface area contributed by atoms with Crippen LogP contribution < -0.4 is 21.3 Å². The molecule has 1 aliphatic heterocycles. The summed E-state index contributed by atoms with van der Waals surface area (Å²) in [6.07, 6.45) is 1.93. The molecule has 0 bridgehead atoms. The SMILES string of the molecule is Nc1nc(C2CC(N)C2)cc(N2CCN(c3ccc(F)cc3)CC2)n1. The van der Waals surface area contributed by atoms with Gasteiger partial charge in [0.2, 0.25) is 5.95 Å². The summed E-state index contributed by atoms with van der Waals surface area (Å²) in [4.78, 5) is 13.3. The highest BCUT2D eigenvalue weighted by Gasteiger charge is 2.29. The molecule has 2 aliphatic rings. The summed E-state index contributed by atoms with van der Waals surface area (Å²) in [7, 11) is 0. The monoisotopic (exact) mass is 342 g/mol. The van der Waals surface area contributed by atoms with Gasteiger partial charge in [0.25, 0.3) is 0 Å². The first-order valence-electron chi connectivity index (χ1n) is 8.74. The molecule has 0 spiro atoms. The van der Waals surface area contributed by atoms with Crippen molar-refractivity contribution < 1.29 is 4.39 Å². The number of aromatic nitrogens is 2. The van der Waals surface area contributed by atoms with Gasteiger partial charge in [-0.1, -0.05) is 0 Å². The zero-order chi connectivity index (χ0) is 17.4. The van der Waals surface area contributed by atoms with Crippen LogP contribution in [0.4, 0.5) is 21.8 Å². The predicted octanol–water partition coefficient (Wildman–Crippen LogP) is 1.73. The summed E-state index contributed by atoms with van der Waals surface area (Å²) < 4.78 is 13.1. The summed E-state index contributed by atoms with van der Waals surface area (Å²) in [6.45, 7) is 3.41. The Morgan fingerprint density at radius 2 is 1.60 bits per heavy atom. The molecule has 4 rings (SSSR count). The van der Waals surface area contributed by atoms with E-state index in [1.165, 1.54) is 12.1 Å². The molecule has 0 atom stereocenters. The summed E-state index contributed by atoms with van der Waals surface area (Å²) in [6, 6.07) is 8.99. The highest BCUT2D eigenvalue weighted by molar-refractivity contribution is 5.50. The van der Waals surface area contributed by atoms with Crippen molar-refractivity contribution >= 4 is 17.5 Å². The molecule has 2 aromatic rings. The average Bonchev–Trinajstić information content (AvgIpc) is 2.59. The van der Waals surface area contributed by atoms with Crippen molar-refractivity contribution in [2.45, 2.75) is 24.8 Å². The third kappa shape index (κ3) is 3.37. The van der Waals surface area contributed by atoms with E-state index in [2.05, 4.69) is 25.8 Å². The molecule has 1 saturated heterocycles. The fourth-order valence-corrected chi connectivity index (χ4v) is 3.59. The molecule has 25 heavy (non-hydrogen) atoms. The Morgan fingerprint density at radius 3 is 2.24 bits per heavy atom. The molecule has 1 aliphatic carbocycles. The Balaban J connectivity index is 1.44. The van der Waals surface area contributed by atoms with Crippen molar-refractivity contribution in [3.63, 3.8) is 0 Å². The number of nitrogens with zero attached hydrogens (tertiary/aromatic N) is 4. The normalized spacial score (nSPS) is 23.4. The van der Waals surface area contributed by atoms with Crippen LogP contribution in [0.2, 0.25) is 0 Å². The van der Waals surface area contributed by atoms with E-state index >= 15 is 0 Å². The second kappa shape index (κ2) is 6.48. The van der Waals surface area contributed by atoms with Crippen molar-refractivity contribution in [2.75, 3.05) is 41.7 Å². The molecular weight excluding hydrogens is 319 g/mol. The Bertz CT molecular complexity index is 736. The molecule has 2 fully saturated rings. The van der Waals surface area contributed by atoms with Gasteiger partial charge in [-0.15, -0.1) is 0 Å². The second-order valence-electron chi connectivity index (χ2n) is 6.89. The average molecular weight is 342 g/mol. The Labute approximate surface area is 146 Å². The van der Waals surface area contributed by atoms with Gasteiger partial charge in [0.1, 0.15) is 11.6 Å². The van der Waals surface area contributed by atoms with E-state index in [1.807, 2.05) is 12.1 Å². The molecule has 2 heterocycles. The number of hydrogen-bond acceptors (Lipinski definition) is 6. The van der Waals surface area contributed by atoms with Gasteiger partial charge in [0.15, 0.2) is 0 Å². The van der Waals surface area contributed by atoms with Crippen molar-refractivity contribution in [2.24, 2.45) is 5.73 Å². The minimum Gasteiger partial charge on any atom is -0.368 e. The molecule has 1 aromatic heterocycles. The van der Waals surface area contributed by atoms with Crippen LogP contribution in [-0.4, -0.2) is 42.2 Å². The zero-order valence-corrected chi connectivity index (χ0v) is 14.1. The molecule has 0 unspecified atom stereocenters. The number of nitrogen functional groups attached to an aromatic ring is 1.